The number of thiophene rings is 1. The summed E-state index contributed by atoms with van der Waals surface area (Å²) in [5.41, 5.74) is 1.35. The Balaban J connectivity index is 2.03. The van der Waals surface area contributed by atoms with E-state index in [9.17, 15) is 9.59 Å². The van der Waals surface area contributed by atoms with Crippen molar-refractivity contribution in [2.45, 2.75) is 13.5 Å². The molecule has 0 aromatic carbocycles. The number of ether oxygens (including phenoxy) is 1. The van der Waals surface area contributed by atoms with Crippen molar-refractivity contribution < 1.29 is 14.3 Å². The molecule has 0 spiro atoms. The second kappa shape index (κ2) is 6.62. The van der Waals surface area contributed by atoms with Crippen LogP contribution in [0, 0.1) is 0 Å². The molecule has 0 radical (unpaired) electrons. The van der Waals surface area contributed by atoms with E-state index in [0.29, 0.717) is 13.2 Å². The van der Waals surface area contributed by atoms with Gasteiger partial charge in [-0.05, 0) is 29.3 Å². The lowest BCUT2D eigenvalue weighted by molar-refractivity contribution is 0.0526. The van der Waals surface area contributed by atoms with Crippen LogP contribution in [-0.4, -0.2) is 35.4 Å². The first kappa shape index (κ1) is 14.7. The van der Waals surface area contributed by atoms with Gasteiger partial charge in [-0.2, -0.15) is 11.3 Å². The first-order valence-corrected chi connectivity index (χ1v) is 7.83. The zero-order valence-corrected chi connectivity index (χ0v) is 12.8. The number of carbonyl (C=O) groups is 2. The number of aromatic nitrogens is 1. The maximum atomic E-state index is 12.2. The van der Waals surface area contributed by atoms with Crippen LogP contribution in [0.4, 0.5) is 0 Å². The minimum atomic E-state index is -0.489. The molecular weight excluding hydrogens is 296 g/mol. The molecule has 2 aromatic heterocycles. The molecule has 0 N–H and O–H groups in total. The van der Waals surface area contributed by atoms with Gasteiger partial charge in [0.2, 0.25) is 5.01 Å². The van der Waals surface area contributed by atoms with Crippen LogP contribution >= 0.6 is 22.7 Å². The van der Waals surface area contributed by atoms with Gasteiger partial charge in [0.25, 0.3) is 5.91 Å². The Morgan fingerprint density at radius 2 is 2.20 bits per heavy atom. The summed E-state index contributed by atoms with van der Waals surface area (Å²) in [5, 5.41) is 5.75. The molecule has 106 valence electrons. The number of thiazole rings is 1. The van der Waals surface area contributed by atoms with Gasteiger partial charge in [-0.25, -0.2) is 9.78 Å². The number of hydrogen-bond acceptors (Lipinski definition) is 6. The predicted octanol–water partition coefficient (Wildman–Crippen LogP) is 2.65. The number of carbonyl (C=O) groups excluding carboxylic acids is 2. The lowest BCUT2D eigenvalue weighted by Crippen LogP contribution is -2.26. The third-order valence-electron chi connectivity index (χ3n) is 2.52. The van der Waals surface area contributed by atoms with Gasteiger partial charge in [0.1, 0.15) is 5.69 Å². The molecule has 5 nitrogen and oxygen atoms in total. The monoisotopic (exact) mass is 310 g/mol. The Hall–Kier alpha value is -1.73. The van der Waals surface area contributed by atoms with E-state index in [4.69, 9.17) is 4.74 Å². The molecule has 0 aliphatic rings. The zero-order valence-electron chi connectivity index (χ0n) is 11.2. The van der Waals surface area contributed by atoms with Crippen LogP contribution in [0.15, 0.2) is 22.2 Å². The second-order valence-electron chi connectivity index (χ2n) is 4.05. The summed E-state index contributed by atoms with van der Waals surface area (Å²) in [6, 6.07) is 1.97. The van der Waals surface area contributed by atoms with Gasteiger partial charge in [0.15, 0.2) is 0 Å². The molecule has 7 heteroatoms. The molecule has 0 aliphatic heterocycles. The Labute approximate surface area is 124 Å². The molecule has 0 atom stereocenters. The topological polar surface area (TPSA) is 59.5 Å². The van der Waals surface area contributed by atoms with Crippen LogP contribution in [0.1, 0.15) is 32.8 Å². The van der Waals surface area contributed by atoms with Gasteiger partial charge in [0.05, 0.1) is 6.61 Å². The molecule has 2 heterocycles. The predicted molar refractivity (Wildman–Crippen MR) is 78.2 cm³/mol. The fraction of sp³-hybridized carbons (Fsp3) is 0.308. The summed E-state index contributed by atoms with van der Waals surface area (Å²) in [5.74, 6) is -0.694. The average molecular weight is 310 g/mol. The van der Waals surface area contributed by atoms with E-state index < -0.39 is 5.97 Å². The SMILES string of the molecule is CCOC(=O)c1nc(C(=O)N(C)Cc2ccsc2)cs1. The third-order valence-corrected chi connectivity index (χ3v) is 4.07. The van der Waals surface area contributed by atoms with E-state index in [2.05, 4.69) is 4.98 Å². The van der Waals surface area contributed by atoms with E-state index in [1.165, 1.54) is 0 Å². The van der Waals surface area contributed by atoms with Gasteiger partial charge in [-0.3, -0.25) is 4.79 Å². The average Bonchev–Trinajstić information content (AvgIpc) is 3.09. The summed E-state index contributed by atoms with van der Waals surface area (Å²) in [6.45, 7) is 2.54. The first-order chi connectivity index (χ1) is 9.61. The van der Waals surface area contributed by atoms with E-state index in [0.717, 1.165) is 16.9 Å². The number of nitrogens with zero attached hydrogens (tertiary/aromatic N) is 2. The molecule has 2 rings (SSSR count). The fourth-order valence-electron chi connectivity index (χ4n) is 1.58. The van der Waals surface area contributed by atoms with Crippen molar-refractivity contribution in [3.8, 4) is 0 Å². The van der Waals surface area contributed by atoms with E-state index in [1.54, 1.807) is 35.6 Å². The largest absolute Gasteiger partial charge is 0.461 e. The summed E-state index contributed by atoms with van der Waals surface area (Å²) in [6.07, 6.45) is 0. The van der Waals surface area contributed by atoms with Crippen molar-refractivity contribution in [1.82, 2.24) is 9.88 Å². The van der Waals surface area contributed by atoms with E-state index in [1.807, 2.05) is 16.8 Å². The Morgan fingerprint density at radius 3 is 2.85 bits per heavy atom. The highest BCUT2D eigenvalue weighted by molar-refractivity contribution is 7.11. The van der Waals surface area contributed by atoms with Crippen LogP contribution in [-0.2, 0) is 11.3 Å². The summed E-state index contributed by atoms with van der Waals surface area (Å²) in [4.78, 5) is 29.3. The normalized spacial score (nSPS) is 10.3. The van der Waals surface area contributed by atoms with E-state index >= 15 is 0 Å². The molecule has 0 aliphatic carbocycles. The lowest BCUT2D eigenvalue weighted by Gasteiger charge is -2.14. The third kappa shape index (κ3) is 3.43. The fourth-order valence-corrected chi connectivity index (χ4v) is 2.93. The van der Waals surface area contributed by atoms with Crippen molar-refractivity contribution in [2.75, 3.05) is 13.7 Å². The molecule has 0 saturated heterocycles. The maximum Gasteiger partial charge on any atom is 0.367 e. The standard InChI is InChI=1S/C13H14N2O3S2/c1-3-18-13(17)11-14-10(8-20-11)12(16)15(2)6-9-4-5-19-7-9/h4-5,7-8H,3,6H2,1-2H3. The molecule has 1 amide bonds. The highest BCUT2D eigenvalue weighted by Crippen LogP contribution is 2.15. The minimum Gasteiger partial charge on any atom is -0.461 e. The van der Waals surface area contributed by atoms with Crippen LogP contribution in [0.25, 0.3) is 0 Å². The van der Waals surface area contributed by atoms with Crippen LogP contribution in [0.5, 0.6) is 0 Å². The molecule has 0 unspecified atom stereocenters. The molecule has 0 bridgehead atoms. The Morgan fingerprint density at radius 1 is 1.40 bits per heavy atom. The maximum absolute atomic E-state index is 12.2. The van der Waals surface area contributed by atoms with Gasteiger partial charge >= 0.3 is 5.97 Å². The molecule has 2 aromatic rings. The number of esters is 1. The second-order valence-corrected chi connectivity index (χ2v) is 5.69. The summed E-state index contributed by atoms with van der Waals surface area (Å²) in [7, 11) is 1.71. The van der Waals surface area contributed by atoms with Crippen molar-refractivity contribution in [3.63, 3.8) is 0 Å². The highest BCUT2D eigenvalue weighted by atomic mass is 32.1. The van der Waals surface area contributed by atoms with E-state index in [-0.39, 0.29) is 16.6 Å². The highest BCUT2D eigenvalue weighted by Gasteiger charge is 2.19. The van der Waals surface area contributed by atoms with Crippen molar-refractivity contribution >= 4 is 34.6 Å². The Kier molecular flexibility index (Phi) is 4.86. The van der Waals surface area contributed by atoms with Crippen molar-refractivity contribution in [1.29, 1.82) is 0 Å². The number of rotatable bonds is 5. The molecule has 0 saturated carbocycles. The van der Waals surface area contributed by atoms with Crippen molar-refractivity contribution in [3.05, 3.63) is 38.5 Å². The molecule has 20 heavy (non-hydrogen) atoms. The number of hydrogen-bond donors (Lipinski definition) is 0. The van der Waals surface area contributed by atoms with Crippen LogP contribution in [0.2, 0.25) is 0 Å². The van der Waals surface area contributed by atoms with Gasteiger partial charge in [-0.1, -0.05) is 0 Å². The smallest absolute Gasteiger partial charge is 0.367 e. The quantitative estimate of drug-likeness (QED) is 0.797. The first-order valence-electron chi connectivity index (χ1n) is 6.01. The minimum absolute atomic E-state index is 0.206. The summed E-state index contributed by atoms with van der Waals surface area (Å²) < 4.78 is 4.85. The Bertz CT molecular complexity index is 593. The van der Waals surface area contributed by atoms with Gasteiger partial charge in [-0.15, -0.1) is 11.3 Å². The van der Waals surface area contributed by atoms with Gasteiger partial charge in [0, 0.05) is 19.0 Å². The van der Waals surface area contributed by atoms with Crippen LogP contribution in [0.3, 0.4) is 0 Å². The summed E-state index contributed by atoms with van der Waals surface area (Å²) >= 11 is 2.71. The van der Waals surface area contributed by atoms with Gasteiger partial charge < -0.3 is 9.64 Å². The lowest BCUT2D eigenvalue weighted by atomic mass is 10.3. The molecular formula is C13H14N2O3S2. The van der Waals surface area contributed by atoms with Crippen molar-refractivity contribution in [2.24, 2.45) is 0 Å². The van der Waals surface area contributed by atoms with Crippen LogP contribution < -0.4 is 0 Å². The number of amides is 1. The zero-order chi connectivity index (χ0) is 14.5. The molecule has 0 fully saturated rings.